The molecule has 0 aromatic heterocycles. The average Bonchev–Trinajstić information content (AvgIpc) is 2.24. The maximum Gasteiger partial charge on any atom is 0.0607 e. The largest absolute Gasteiger partial charge is 0.395 e. The first-order valence-electron chi connectivity index (χ1n) is 5.07. The second-order valence-corrected chi connectivity index (χ2v) is 3.26. The lowest BCUT2D eigenvalue weighted by Gasteiger charge is -2.16. The summed E-state index contributed by atoms with van der Waals surface area (Å²) in [7, 11) is 0. The van der Waals surface area contributed by atoms with Crippen molar-refractivity contribution in [1.29, 1.82) is 0 Å². The molecule has 5 heteroatoms. The van der Waals surface area contributed by atoms with Crippen LogP contribution >= 0.6 is 0 Å². The van der Waals surface area contributed by atoms with E-state index >= 15 is 0 Å². The zero-order valence-corrected chi connectivity index (χ0v) is 8.74. The van der Waals surface area contributed by atoms with E-state index in [9.17, 15) is 0 Å². The van der Waals surface area contributed by atoms with E-state index in [0.29, 0.717) is 6.54 Å². The van der Waals surface area contributed by atoms with Crippen molar-refractivity contribution >= 4 is 0 Å². The number of aliphatic hydroxyl groups excluding tert-OH is 3. The van der Waals surface area contributed by atoms with Crippen LogP contribution in [0.25, 0.3) is 0 Å². The van der Waals surface area contributed by atoms with E-state index in [1.165, 1.54) is 0 Å². The molecule has 0 amide bonds. The van der Waals surface area contributed by atoms with Crippen molar-refractivity contribution in [2.45, 2.75) is 25.4 Å². The summed E-state index contributed by atoms with van der Waals surface area (Å²) in [6.07, 6.45) is 0.889. The van der Waals surface area contributed by atoms with Crippen LogP contribution in [0.4, 0.5) is 0 Å². The first kappa shape index (κ1) is 13.8. The van der Waals surface area contributed by atoms with Gasteiger partial charge < -0.3 is 26.0 Å². The van der Waals surface area contributed by atoms with Gasteiger partial charge in [-0.1, -0.05) is 6.92 Å². The van der Waals surface area contributed by atoms with Crippen LogP contribution in [-0.4, -0.2) is 60.3 Å². The van der Waals surface area contributed by atoms with E-state index in [0.717, 1.165) is 13.0 Å². The van der Waals surface area contributed by atoms with E-state index < -0.39 is 0 Å². The molecule has 86 valence electrons. The smallest absolute Gasteiger partial charge is 0.0607 e. The lowest BCUT2D eigenvalue weighted by atomic mass is 10.2. The zero-order valence-electron chi connectivity index (χ0n) is 8.74. The Balaban J connectivity index is 3.35. The van der Waals surface area contributed by atoms with Crippen molar-refractivity contribution in [3.8, 4) is 0 Å². The maximum absolute atomic E-state index is 8.86. The summed E-state index contributed by atoms with van der Waals surface area (Å²) in [6, 6.07) is -0.107. The third kappa shape index (κ3) is 6.28. The van der Waals surface area contributed by atoms with Gasteiger partial charge in [0.25, 0.3) is 0 Å². The van der Waals surface area contributed by atoms with E-state index in [4.69, 9.17) is 15.3 Å². The first-order valence-corrected chi connectivity index (χ1v) is 5.07. The summed E-state index contributed by atoms with van der Waals surface area (Å²) in [5, 5.41) is 32.5. The Morgan fingerprint density at radius 2 is 1.29 bits per heavy atom. The summed E-state index contributed by atoms with van der Waals surface area (Å²) in [5.74, 6) is 0. The summed E-state index contributed by atoms with van der Waals surface area (Å²) in [6.45, 7) is 3.41. The van der Waals surface area contributed by atoms with Gasteiger partial charge in [-0.2, -0.15) is 0 Å². The van der Waals surface area contributed by atoms with Crippen molar-refractivity contribution in [3.63, 3.8) is 0 Å². The zero-order chi connectivity index (χ0) is 10.8. The molecular weight excluding hydrogens is 184 g/mol. The van der Waals surface area contributed by atoms with Gasteiger partial charge in [0, 0.05) is 19.1 Å². The fraction of sp³-hybridized carbons (Fsp3) is 1.00. The van der Waals surface area contributed by atoms with Gasteiger partial charge in [0.2, 0.25) is 0 Å². The number of hydrogen-bond acceptors (Lipinski definition) is 5. The van der Waals surface area contributed by atoms with Crippen molar-refractivity contribution in [1.82, 2.24) is 10.6 Å². The van der Waals surface area contributed by atoms with E-state index in [-0.39, 0.29) is 31.9 Å². The molecule has 0 aliphatic rings. The van der Waals surface area contributed by atoms with Crippen LogP contribution in [0.3, 0.4) is 0 Å². The van der Waals surface area contributed by atoms with Gasteiger partial charge in [-0.25, -0.2) is 0 Å². The average molecular weight is 206 g/mol. The third-order valence-corrected chi connectivity index (χ3v) is 2.14. The Morgan fingerprint density at radius 3 is 1.64 bits per heavy atom. The van der Waals surface area contributed by atoms with Crippen molar-refractivity contribution in [2.24, 2.45) is 0 Å². The molecule has 0 rings (SSSR count). The highest BCUT2D eigenvalue weighted by molar-refractivity contribution is 4.67. The number of nitrogens with one attached hydrogen (secondary N) is 2. The second kappa shape index (κ2) is 9.36. The molecule has 0 saturated heterocycles. The van der Waals surface area contributed by atoms with Crippen LogP contribution < -0.4 is 10.6 Å². The van der Waals surface area contributed by atoms with Crippen LogP contribution in [0.15, 0.2) is 0 Å². The second-order valence-electron chi connectivity index (χ2n) is 3.26. The molecule has 0 aliphatic heterocycles. The summed E-state index contributed by atoms with van der Waals surface area (Å²) in [4.78, 5) is 0. The molecule has 0 fully saturated rings. The Morgan fingerprint density at radius 1 is 0.857 bits per heavy atom. The predicted octanol–water partition coefficient (Wildman–Crippen LogP) is -1.71. The molecule has 0 heterocycles. The molecule has 0 aromatic rings. The Labute approximate surface area is 85.1 Å². The van der Waals surface area contributed by atoms with Gasteiger partial charge in [0.15, 0.2) is 0 Å². The molecule has 0 unspecified atom stereocenters. The molecule has 0 saturated carbocycles. The molecule has 5 nitrogen and oxygen atoms in total. The summed E-state index contributed by atoms with van der Waals surface area (Å²) in [5.41, 5.74) is 0. The monoisotopic (exact) mass is 206 g/mol. The number of hydrogen-bond donors (Lipinski definition) is 5. The number of aliphatic hydroxyl groups is 3. The summed E-state index contributed by atoms with van der Waals surface area (Å²) < 4.78 is 0. The van der Waals surface area contributed by atoms with Crippen LogP contribution in [-0.2, 0) is 0 Å². The maximum atomic E-state index is 8.86. The lowest BCUT2D eigenvalue weighted by molar-refractivity contribution is 0.170. The first-order chi connectivity index (χ1) is 6.78. The highest BCUT2D eigenvalue weighted by Gasteiger charge is 2.05. The summed E-state index contributed by atoms with van der Waals surface area (Å²) >= 11 is 0. The Bertz CT molecular complexity index is 103. The van der Waals surface area contributed by atoms with Crippen molar-refractivity contribution in [3.05, 3.63) is 0 Å². The van der Waals surface area contributed by atoms with Gasteiger partial charge in [-0.3, -0.25) is 0 Å². The van der Waals surface area contributed by atoms with Gasteiger partial charge in [-0.05, 0) is 6.42 Å². The molecule has 5 N–H and O–H groups in total. The quantitative estimate of drug-likeness (QED) is 0.290. The van der Waals surface area contributed by atoms with E-state index in [2.05, 4.69) is 10.6 Å². The minimum absolute atomic E-state index is 0.0618. The topological polar surface area (TPSA) is 84.8 Å². The van der Waals surface area contributed by atoms with Crippen molar-refractivity contribution < 1.29 is 15.3 Å². The van der Waals surface area contributed by atoms with Gasteiger partial charge in [-0.15, -0.1) is 0 Å². The minimum Gasteiger partial charge on any atom is -0.395 e. The van der Waals surface area contributed by atoms with Gasteiger partial charge in [0.1, 0.15) is 0 Å². The highest BCUT2D eigenvalue weighted by Crippen LogP contribution is 1.87. The van der Waals surface area contributed by atoms with E-state index in [1.807, 2.05) is 6.92 Å². The van der Waals surface area contributed by atoms with Gasteiger partial charge in [0.05, 0.1) is 25.9 Å². The fourth-order valence-electron chi connectivity index (χ4n) is 1.08. The molecule has 1 atom stereocenters. The predicted molar refractivity (Wildman–Crippen MR) is 55.1 cm³/mol. The Hall–Kier alpha value is -0.200. The lowest BCUT2D eigenvalue weighted by Crippen LogP contribution is -2.42. The Kier molecular flexibility index (Phi) is 9.23. The molecule has 0 aliphatic carbocycles. The van der Waals surface area contributed by atoms with Crippen LogP contribution in [0, 0.1) is 0 Å². The molecular formula is C9H22N2O3. The minimum atomic E-state index is -0.244. The molecule has 0 bridgehead atoms. The van der Waals surface area contributed by atoms with Crippen LogP contribution in [0.2, 0.25) is 0 Å². The highest BCUT2D eigenvalue weighted by atomic mass is 16.3. The molecule has 14 heavy (non-hydrogen) atoms. The molecule has 0 radical (unpaired) electrons. The van der Waals surface area contributed by atoms with Crippen LogP contribution in [0.5, 0.6) is 0 Å². The SMILES string of the molecule is CC[C@@H](CO)NCCNC(CO)CO. The fourth-order valence-corrected chi connectivity index (χ4v) is 1.08. The van der Waals surface area contributed by atoms with Gasteiger partial charge >= 0.3 is 0 Å². The molecule has 0 aromatic carbocycles. The number of rotatable bonds is 9. The van der Waals surface area contributed by atoms with Crippen LogP contribution in [0.1, 0.15) is 13.3 Å². The third-order valence-electron chi connectivity index (χ3n) is 2.14. The molecule has 0 spiro atoms. The normalized spacial score (nSPS) is 13.5. The standard InChI is InChI=1S/C9H22N2O3/c1-2-8(5-12)10-3-4-11-9(6-13)7-14/h8-14H,2-7H2,1H3/t8-/m0/s1. The van der Waals surface area contributed by atoms with Crippen molar-refractivity contribution in [2.75, 3.05) is 32.9 Å². The van der Waals surface area contributed by atoms with E-state index in [1.54, 1.807) is 0 Å².